The molecule has 28 heavy (non-hydrogen) atoms. The van der Waals surface area contributed by atoms with Crippen molar-refractivity contribution in [1.82, 2.24) is 4.90 Å². The predicted octanol–water partition coefficient (Wildman–Crippen LogP) is 5.51. The molecule has 4 rings (SSSR count). The molecular weight excluding hydrogens is 363 g/mol. The van der Waals surface area contributed by atoms with Gasteiger partial charge in [-0.15, -0.1) is 13.2 Å². The normalized spacial score (nSPS) is 24.2. The van der Waals surface area contributed by atoms with Gasteiger partial charge in [0, 0.05) is 19.6 Å². The minimum Gasteiger partial charge on any atom is -0.406 e. The van der Waals surface area contributed by atoms with Crippen LogP contribution >= 0.6 is 0 Å². The maximum atomic E-state index is 12.4. The van der Waals surface area contributed by atoms with Gasteiger partial charge in [-0.3, -0.25) is 4.90 Å². The summed E-state index contributed by atoms with van der Waals surface area (Å²) >= 11 is 0. The highest BCUT2D eigenvalue weighted by Crippen LogP contribution is 2.54. The maximum Gasteiger partial charge on any atom is 0.573 e. The summed E-state index contributed by atoms with van der Waals surface area (Å²) in [5.74, 6) is 2.09. The van der Waals surface area contributed by atoms with E-state index in [1.54, 1.807) is 6.07 Å². The third kappa shape index (κ3) is 4.69. The van der Waals surface area contributed by atoms with E-state index in [1.807, 2.05) is 6.07 Å². The predicted molar refractivity (Wildman–Crippen MR) is 103 cm³/mol. The van der Waals surface area contributed by atoms with Crippen molar-refractivity contribution in [2.45, 2.75) is 39.6 Å². The molecule has 2 nitrogen and oxygen atoms in total. The van der Waals surface area contributed by atoms with Crippen molar-refractivity contribution in [3.8, 4) is 5.75 Å². The summed E-state index contributed by atoms with van der Waals surface area (Å²) in [6, 6.07) is 13.1. The Labute approximate surface area is 164 Å². The maximum absolute atomic E-state index is 12.4. The van der Waals surface area contributed by atoms with Gasteiger partial charge >= 0.3 is 6.36 Å². The average Bonchev–Trinajstić information content (AvgIpc) is 3.02. The summed E-state index contributed by atoms with van der Waals surface area (Å²) < 4.78 is 41.1. The molecule has 2 unspecified atom stereocenters. The molecule has 1 saturated carbocycles. The molecule has 0 N–H and O–H groups in total. The second-order valence-corrected chi connectivity index (χ2v) is 8.42. The first-order chi connectivity index (χ1) is 13.3. The fourth-order valence-corrected chi connectivity index (χ4v) is 4.94. The minimum absolute atomic E-state index is 0.124. The first-order valence-corrected chi connectivity index (χ1v) is 9.91. The number of ether oxygens (including phenoxy) is 1. The first-order valence-electron chi connectivity index (χ1n) is 9.91. The molecule has 1 heterocycles. The Morgan fingerprint density at radius 1 is 0.964 bits per heavy atom. The molecule has 0 radical (unpaired) electrons. The minimum atomic E-state index is -4.63. The molecule has 0 spiro atoms. The summed E-state index contributed by atoms with van der Waals surface area (Å²) in [4.78, 5) is 2.54. The Kier molecular flexibility index (Phi) is 5.13. The number of aryl methyl sites for hydroxylation is 3. The highest BCUT2D eigenvalue weighted by molar-refractivity contribution is 5.30. The van der Waals surface area contributed by atoms with E-state index in [4.69, 9.17) is 0 Å². The SMILES string of the molecule is Cc1cc(C)cc(CN2CC3C(CCc4cccc(OC(F)(F)F)c4)C3C2)c1. The van der Waals surface area contributed by atoms with Crippen LogP contribution in [0.15, 0.2) is 42.5 Å². The van der Waals surface area contributed by atoms with Gasteiger partial charge in [0.25, 0.3) is 0 Å². The molecule has 1 aliphatic carbocycles. The molecule has 5 heteroatoms. The standard InChI is InChI=1S/C23H26F3NO/c1-15-8-16(2)10-18(9-15)12-27-13-21-20(22(21)14-27)7-6-17-4-3-5-19(11-17)28-23(24,25)26/h3-5,8-11,20-22H,6-7,12-14H2,1-2H3. The molecule has 2 atom stereocenters. The van der Waals surface area contributed by atoms with Crippen molar-refractivity contribution in [2.75, 3.05) is 13.1 Å². The van der Waals surface area contributed by atoms with E-state index < -0.39 is 6.36 Å². The van der Waals surface area contributed by atoms with Crippen molar-refractivity contribution in [3.05, 3.63) is 64.7 Å². The number of piperidine rings is 1. The second kappa shape index (κ2) is 7.43. The highest BCUT2D eigenvalue weighted by Gasteiger charge is 2.54. The largest absolute Gasteiger partial charge is 0.573 e. The van der Waals surface area contributed by atoms with Gasteiger partial charge in [0.2, 0.25) is 0 Å². The number of rotatable bonds is 6. The Balaban J connectivity index is 1.25. The topological polar surface area (TPSA) is 12.5 Å². The van der Waals surface area contributed by atoms with E-state index >= 15 is 0 Å². The Morgan fingerprint density at radius 3 is 2.29 bits per heavy atom. The summed E-state index contributed by atoms with van der Waals surface area (Å²) in [7, 11) is 0. The Hall–Kier alpha value is -2.01. The molecule has 150 valence electrons. The molecule has 2 aromatic rings. The van der Waals surface area contributed by atoms with E-state index in [1.165, 1.54) is 28.8 Å². The third-order valence-electron chi connectivity index (χ3n) is 6.03. The van der Waals surface area contributed by atoms with Crippen molar-refractivity contribution in [1.29, 1.82) is 0 Å². The highest BCUT2D eigenvalue weighted by atomic mass is 19.4. The molecule has 2 fully saturated rings. The molecule has 0 amide bonds. The molecule has 0 aromatic heterocycles. The monoisotopic (exact) mass is 389 g/mol. The quantitative estimate of drug-likeness (QED) is 0.646. The molecule has 0 bridgehead atoms. The number of benzene rings is 2. The van der Waals surface area contributed by atoms with Crippen LogP contribution in [0.2, 0.25) is 0 Å². The number of likely N-dealkylation sites (tertiary alicyclic amines) is 1. The smallest absolute Gasteiger partial charge is 0.406 e. The van der Waals surface area contributed by atoms with E-state index in [-0.39, 0.29) is 5.75 Å². The van der Waals surface area contributed by atoms with Gasteiger partial charge in [0.1, 0.15) is 5.75 Å². The summed E-state index contributed by atoms with van der Waals surface area (Å²) in [6.45, 7) is 7.57. The van der Waals surface area contributed by atoms with Crippen LogP contribution in [0.5, 0.6) is 5.75 Å². The van der Waals surface area contributed by atoms with Crippen LogP contribution in [0.3, 0.4) is 0 Å². The van der Waals surface area contributed by atoms with Crippen LogP contribution in [0.1, 0.15) is 28.7 Å². The molecule has 1 saturated heterocycles. The number of hydrogen-bond acceptors (Lipinski definition) is 2. The number of fused-ring (bicyclic) bond motifs is 1. The molecule has 2 aliphatic rings. The number of nitrogens with zero attached hydrogens (tertiary/aromatic N) is 1. The average molecular weight is 389 g/mol. The van der Waals surface area contributed by atoms with Crippen LogP contribution in [-0.2, 0) is 13.0 Å². The van der Waals surface area contributed by atoms with Crippen molar-refractivity contribution in [3.63, 3.8) is 0 Å². The summed E-state index contributed by atoms with van der Waals surface area (Å²) in [5.41, 5.74) is 4.93. The van der Waals surface area contributed by atoms with E-state index in [9.17, 15) is 13.2 Å². The van der Waals surface area contributed by atoms with Gasteiger partial charge in [-0.2, -0.15) is 0 Å². The number of hydrogen-bond donors (Lipinski definition) is 0. The lowest BCUT2D eigenvalue weighted by Gasteiger charge is -2.20. The molecule has 1 aliphatic heterocycles. The van der Waals surface area contributed by atoms with Crippen LogP contribution < -0.4 is 4.74 Å². The fraction of sp³-hybridized carbons (Fsp3) is 0.478. The van der Waals surface area contributed by atoms with Crippen LogP contribution in [0.25, 0.3) is 0 Å². The van der Waals surface area contributed by atoms with E-state index in [2.05, 4.69) is 41.7 Å². The van der Waals surface area contributed by atoms with Gasteiger partial charge in [-0.05, 0) is 67.7 Å². The Bertz CT molecular complexity index is 816. The first kappa shape index (κ1) is 19.3. The zero-order valence-corrected chi connectivity index (χ0v) is 16.3. The third-order valence-corrected chi connectivity index (χ3v) is 6.03. The lowest BCUT2D eigenvalue weighted by molar-refractivity contribution is -0.274. The fourth-order valence-electron chi connectivity index (χ4n) is 4.94. The van der Waals surface area contributed by atoms with Crippen molar-refractivity contribution >= 4 is 0 Å². The van der Waals surface area contributed by atoms with Crippen molar-refractivity contribution < 1.29 is 17.9 Å². The van der Waals surface area contributed by atoms with Gasteiger partial charge in [0.05, 0.1) is 0 Å². The summed E-state index contributed by atoms with van der Waals surface area (Å²) in [5, 5.41) is 0. The zero-order valence-electron chi connectivity index (χ0n) is 16.3. The molecule has 2 aromatic carbocycles. The van der Waals surface area contributed by atoms with Crippen LogP contribution in [-0.4, -0.2) is 24.4 Å². The van der Waals surface area contributed by atoms with Gasteiger partial charge < -0.3 is 4.74 Å². The Morgan fingerprint density at radius 2 is 1.64 bits per heavy atom. The lowest BCUT2D eigenvalue weighted by atomic mass is 10.0. The van der Waals surface area contributed by atoms with Crippen LogP contribution in [0.4, 0.5) is 13.2 Å². The van der Waals surface area contributed by atoms with E-state index in [0.717, 1.165) is 49.9 Å². The van der Waals surface area contributed by atoms with Gasteiger partial charge in [-0.25, -0.2) is 0 Å². The summed E-state index contributed by atoms with van der Waals surface area (Å²) in [6.07, 6.45) is -2.78. The second-order valence-electron chi connectivity index (χ2n) is 8.42. The van der Waals surface area contributed by atoms with Gasteiger partial charge in [0.15, 0.2) is 0 Å². The number of halogens is 3. The zero-order chi connectivity index (χ0) is 19.9. The van der Waals surface area contributed by atoms with E-state index in [0.29, 0.717) is 5.92 Å². The lowest BCUT2D eigenvalue weighted by Crippen LogP contribution is -2.24. The number of alkyl halides is 3. The molecular formula is C23H26F3NO. The van der Waals surface area contributed by atoms with Crippen molar-refractivity contribution in [2.24, 2.45) is 17.8 Å². The van der Waals surface area contributed by atoms with Crippen LogP contribution in [0, 0.1) is 31.6 Å². The van der Waals surface area contributed by atoms with Gasteiger partial charge in [-0.1, -0.05) is 41.5 Å².